The second kappa shape index (κ2) is 5.93. The minimum atomic E-state index is -0.570. The fourth-order valence-corrected chi connectivity index (χ4v) is 2.42. The summed E-state index contributed by atoms with van der Waals surface area (Å²) < 4.78 is 4.61. The van der Waals surface area contributed by atoms with Crippen molar-refractivity contribution in [2.45, 2.75) is 6.42 Å². The van der Waals surface area contributed by atoms with Crippen LogP contribution in [0.1, 0.15) is 22.3 Å². The van der Waals surface area contributed by atoms with Crippen LogP contribution in [0.4, 0.5) is 5.69 Å². The van der Waals surface area contributed by atoms with E-state index in [1.165, 1.54) is 19.2 Å². The summed E-state index contributed by atoms with van der Waals surface area (Å²) in [5.74, 6) is -0.0482. The van der Waals surface area contributed by atoms with Crippen LogP contribution < -0.4 is 4.90 Å². The first kappa shape index (κ1) is 14.4. The molecule has 1 aliphatic rings. The van der Waals surface area contributed by atoms with Crippen molar-refractivity contribution in [1.82, 2.24) is 0 Å². The Morgan fingerprint density at radius 2 is 2.35 bits per heavy atom. The maximum absolute atomic E-state index is 11.9. The highest BCUT2D eigenvalue weighted by Gasteiger charge is 2.30. The zero-order valence-corrected chi connectivity index (χ0v) is 11.7. The Bertz CT molecular complexity index is 595. The van der Waals surface area contributed by atoms with E-state index in [1.54, 1.807) is 11.0 Å². The SMILES string of the molecule is COC(=O)c1ccc(N2CC(CCl)CC2=O)cc1C#N. The Kier molecular flexibility index (Phi) is 4.26. The van der Waals surface area contributed by atoms with Crippen LogP contribution in [0.2, 0.25) is 0 Å². The number of rotatable bonds is 3. The number of hydrogen-bond acceptors (Lipinski definition) is 4. The van der Waals surface area contributed by atoms with E-state index < -0.39 is 5.97 Å². The van der Waals surface area contributed by atoms with Gasteiger partial charge in [0, 0.05) is 24.5 Å². The molecule has 1 aromatic carbocycles. The molecule has 0 spiro atoms. The molecule has 2 rings (SSSR count). The zero-order chi connectivity index (χ0) is 14.7. The third-order valence-electron chi connectivity index (χ3n) is 3.26. The lowest BCUT2D eigenvalue weighted by molar-refractivity contribution is -0.117. The average Bonchev–Trinajstić information content (AvgIpc) is 2.86. The van der Waals surface area contributed by atoms with Gasteiger partial charge in [0.1, 0.15) is 6.07 Å². The van der Waals surface area contributed by atoms with Gasteiger partial charge in [0.2, 0.25) is 5.91 Å². The second-order valence-corrected chi connectivity index (χ2v) is 4.87. The van der Waals surface area contributed by atoms with Crippen molar-refractivity contribution in [1.29, 1.82) is 5.26 Å². The summed E-state index contributed by atoms with van der Waals surface area (Å²) in [6.07, 6.45) is 0.407. The predicted octanol–water partition coefficient (Wildman–Crippen LogP) is 1.94. The van der Waals surface area contributed by atoms with Gasteiger partial charge in [0.15, 0.2) is 0 Å². The molecule has 1 unspecified atom stereocenters. The van der Waals surface area contributed by atoms with Gasteiger partial charge in [-0.3, -0.25) is 4.79 Å². The Hall–Kier alpha value is -2.06. The lowest BCUT2D eigenvalue weighted by Gasteiger charge is -2.17. The van der Waals surface area contributed by atoms with Crippen LogP contribution in [-0.4, -0.2) is 31.4 Å². The molecule has 1 aliphatic heterocycles. The Morgan fingerprint density at radius 3 is 2.90 bits per heavy atom. The number of halogens is 1. The van der Waals surface area contributed by atoms with Gasteiger partial charge in [0.25, 0.3) is 0 Å². The van der Waals surface area contributed by atoms with Crippen LogP contribution in [0.5, 0.6) is 0 Å². The number of amides is 1. The molecule has 0 aliphatic carbocycles. The highest BCUT2D eigenvalue weighted by Crippen LogP contribution is 2.27. The zero-order valence-electron chi connectivity index (χ0n) is 10.9. The van der Waals surface area contributed by atoms with Crippen molar-refractivity contribution in [3.63, 3.8) is 0 Å². The number of esters is 1. The summed E-state index contributed by atoms with van der Waals surface area (Å²) in [4.78, 5) is 25.0. The van der Waals surface area contributed by atoms with E-state index in [2.05, 4.69) is 4.74 Å². The smallest absolute Gasteiger partial charge is 0.339 e. The van der Waals surface area contributed by atoms with E-state index in [4.69, 9.17) is 16.9 Å². The van der Waals surface area contributed by atoms with E-state index in [9.17, 15) is 9.59 Å². The minimum Gasteiger partial charge on any atom is -0.465 e. The van der Waals surface area contributed by atoms with Gasteiger partial charge in [-0.15, -0.1) is 11.6 Å². The van der Waals surface area contributed by atoms with Gasteiger partial charge >= 0.3 is 5.97 Å². The highest BCUT2D eigenvalue weighted by molar-refractivity contribution is 6.18. The van der Waals surface area contributed by atoms with Crippen molar-refractivity contribution in [2.24, 2.45) is 5.92 Å². The fraction of sp³-hybridized carbons (Fsp3) is 0.357. The number of methoxy groups -OCH3 is 1. The molecule has 20 heavy (non-hydrogen) atoms. The number of carbonyl (C=O) groups is 2. The molecule has 1 saturated heterocycles. The van der Waals surface area contributed by atoms with E-state index in [0.29, 0.717) is 24.5 Å². The molecule has 1 heterocycles. The number of nitrogens with zero attached hydrogens (tertiary/aromatic N) is 2. The maximum atomic E-state index is 11.9. The largest absolute Gasteiger partial charge is 0.465 e. The Labute approximate surface area is 121 Å². The molecule has 0 N–H and O–H groups in total. The Balaban J connectivity index is 2.34. The lowest BCUT2D eigenvalue weighted by atomic mass is 10.1. The Morgan fingerprint density at radius 1 is 1.60 bits per heavy atom. The standard InChI is InChI=1S/C14H13ClN2O3/c1-20-14(19)12-3-2-11(5-10(12)7-16)17-8-9(6-15)4-13(17)18/h2-3,5,9H,4,6,8H2,1H3. The van der Waals surface area contributed by atoms with Crippen LogP contribution >= 0.6 is 11.6 Å². The molecule has 1 aromatic rings. The molecule has 0 bridgehead atoms. The van der Waals surface area contributed by atoms with Gasteiger partial charge in [-0.25, -0.2) is 4.79 Å². The predicted molar refractivity (Wildman–Crippen MR) is 73.7 cm³/mol. The molecule has 6 heteroatoms. The summed E-state index contributed by atoms with van der Waals surface area (Å²) in [7, 11) is 1.26. The van der Waals surface area contributed by atoms with Crippen molar-refractivity contribution in [3.05, 3.63) is 29.3 Å². The molecule has 104 valence electrons. The minimum absolute atomic E-state index is 0.0228. The van der Waals surface area contributed by atoms with Crippen LogP contribution in [0.3, 0.4) is 0 Å². The number of carbonyl (C=O) groups excluding carboxylic acids is 2. The normalized spacial score (nSPS) is 17.9. The summed E-state index contributed by atoms with van der Waals surface area (Å²) in [5, 5.41) is 9.11. The van der Waals surface area contributed by atoms with Crippen molar-refractivity contribution < 1.29 is 14.3 Å². The van der Waals surface area contributed by atoms with Gasteiger partial charge in [0.05, 0.1) is 18.2 Å². The van der Waals surface area contributed by atoms with Gasteiger partial charge < -0.3 is 9.64 Å². The number of nitriles is 1. The lowest BCUT2D eigenvalue weighted by Crippen LogP contribution is -2.25. The van der Waals surface area contributed by atoms with Crippen LogP contribution in [-0.2, 0) is 9.53 Å². The van der Waals surface area contributed by atoms with Crippen LogP contribution in [0.15, 0.2) is 18.2 Å². The first-order valence-electron chi connectivity index (χ1n) is 6.09. The first-order chi connectivity index (χ1) is 9.60. The molecule has 1 fully saturated rings. The van der Waals surface area contributed by atoms with E-state index in [1.807, 2.05) is 6.07 Å². The number of ether oxygens (including phenoxy) is 1. The quantitative estimate of drug-likeness (QED) is 0.630. The van der Waals surface area contributed by atoms with Crippen LogP contribution in [0.25, 0.3) is 0 Å². The number of anilines is 1. The van der Waals surface area contributed by atoms with Crippen molar-refractivity contribution in [3.8, 4) is 6.07 Å². The number of alkyl halides is 1. The van der Waals surface area contributed by atoms with E-state index >= 15 is 0 Å². The van der Waals surface area contributed by atoms with Gasteiger partial charge in [-0.05, 0) is 24.1 Å². The monoisotopic (exact) mass is 292 g/mol. The summed E-state index contributed by atoms with van der Waals surface area (Å²) >= 11 is 5.78. The molecule has 0 aromatic heterocycles. The van der Waals surface area contributed by atoms with Gasteiger partial charge in [-0.2, -0.15) is 5.26 Å². The van der Waals surface area contributed by atoms with Crippen molar-refractivity contribution >= 4 is 29.2 Å². The molecule has 5 nitrogen and oxygen atoms in total. The maximum Gasteiger partial charge on any atom is 0.339 e. The summed E-state index contributed by atoms with van der Waals surface area (Å²) in [5.41, 5.74) is 0.989. The molecular formula is C14H13ClN2O3. The third kappa shape index (κ3) is 2.61. The van der Waals surface area contributed by atoms with Crippen molar-refractivity contribution in [2.75, 3.05) is 24.4 Å². The molecule has 1 amide bonds. The highest BCUT2D eigenvalue weighted by atomic mass is 35.5. The summed E-state index contributed by atoms with van der Waals surface area (Å²) in [6.45, 7) is 0.533. The third-order valence-corrected chi connectivity index (χ3v) is 3.70. The molecule has 0 radical (unpaired) electrons. The fourth-order valence-electron chi connectivity index (χ4n) is 2.22. The van der Waals surface area contributed by atoms with Gasteiger partial charge in [-0.1, -0.05) is 0 Å². The molecule has 1 atom stereocenters. The number of benzene rings is 1. The second-order valence-electron chi connectivity index (χ2n) is 4.56. The first-order valence-corrected chi connectivity index (χ1v) is 6.63. The van der Waals surface area contributed by atoms with E-state index in [0.717, 1.165) is 0 Å². The number of hydrogen-bond donors (Lipinski definition) is 0. The molecule has 0 saturated carbocycles. The van der Waals surface area contributed by atoms with E-state index in [-0.39, 0.29) is 23.0 Å². The van der Waals surface area contributed by atoms with Crippen LogP contribution in [0, 0.1) is 17.2 Å². The topological polar surface area (TPSA) is 70.4 Å². The average molecular weight is 293 g/mol. The molecular weight excluding hydrogens is 280 g/mol. The summed E-state index contributed by atoms with van der Waals surface area (Å²) in [6, 6.07) is 6.62.